The third kappa shape index (κ3) is 1.90. The Hall–Kier alpha value is -1.28. The maximum Gasteiger partial charge on any atom is 0.336 e. The van der Waals surface area contributed by atoms with Crippen molar-refractivity contribution < 1.29 is 9.90 Å². The van der Waals surface area contributed by atoms with E-state index in [0.29, 0.717) is 10.6 Å². The van der Waals surface area contributed by atoms with Crippen LogP contribution in [0.4, 0.5) is 0 Å². The summed E-state index contributed by atoms with van der Waals surface area (Å²) in [5.41, 5.74) is 1.63. The van der Waals surface area contributed by atoms with Crippen molar-refractivity contribution in [3.8, 4) is 0 Å². The fourth-order valence-electron chi connectivity index (χ4n) is 1.06. The molecule has 0 saturated heterocycles. The second kappa shape index (κ2) is 3.62. The first-order valence-electron chi connectivity index (χ1n) is 3.72. The monoisotopic (exact) mass is 196 g/mol. The van der Waals surface area contributed by atoms with Crippen LogP contribution in [0.15, 0.2) is 18.7 Å². The molecule has 13 heavy (non-hydrogen) atoms. The molecular weight excluding hydrogens is 188 g/mol. The average molecular weight is 197 g/mol. The summed E-state index contributed by atoms with van der Waals surface area (Å²) < 4.78 is 0. The van der Waals surface area contributed by atoms with Gasteiger partial charge >= 0.3 is 5.97 Å². The van der Waals surface area contributed by atoms with E-state index < -0.39 is 5.97 Å². The molecule has 0 saturated carbocycles. The first kappa shape index (κ1) is 9.81. The molecule has 2 nitrogen and oxygen atoms in total. The van der Waals surface area contributed by atoms with Crippen molar-refractivity contribution in [2.45, 2.75) is 6.92 Å². The lowest BCUT2D eigenvalue weighted by atomic mass is 10.0. The van der Waals surface area contributed by atoms with Crippen molar-refractivity contribution >= 4 is 23.6 Å². The van der Waals surface area contributed by atoms with Crippen LogP contribution in [0.3, 0.4) is 0 Å². The number of benzene rings is 1. The summed E-state index contributed by atoms with van der Waals surface area (Å²) in [6, 6.07) is 3.15. The van der Waals surface area contributed by atoms with E-state index in [0.717, 1.165) is 5.56 Å². The average Bonchev–Trinajstić information content (AvgIpc) is 2.08. The van der Waals surface area contributed by atoms with Crippen LogP contribution in [0.25, 0.3) is 6.08 Å². The van der Waals surface area contributed by atoms with Crippen molar-refractivity contribution in [2.24, 2.45) is 0 Å². The number of carboxylic acids is 1. The van der Waals surface area contributed by atoms with Gasteiger partial charge in [-0.1, -0.05) is 24.3 Å². The molecule has 0 aliphatic rings. The van der Waals surface area contributed by atoms with Crippen molar-refractivity contribution in [3.63, 3.8) is 0 Å². The molecular formula is C10H9ClO2. The molecule has 0 aromatic heterocycles. The number of rotatable bonds is 2. The summed E-state index contributed by atoms with van der Waals surface area (Å²) in [7, 11) is 0. The first-order valence-corrected chi connectivity index (χ1v) is 4.10. The highest BCUT2D eigenvalue weighted by Crippen LogP contribution is 2.21. The zero-order valence-corrected chi connectivity index (χ0v) is 7.93. The second-order valence-corrected chi connectivity index (χ2v) is 3.11. The fourth-order valence-corrected chi connectivity index (χ4v) is 1.22. The number of halogens is 1. The topological polar surface area (TPSA) is 37.3 Å². The molecule has 1 aromatic carbocycles. The molecule has 1 N–H and O–H groups in total. The normalized spacial score (nSPS) is 9.69. The van der Waals surface area contributed by atoms with Gasteiger partial charge in [0.1, 0.15) is 0 Å². The quantitative estimate of drug-likeness (QED) is 0.790. The highest BCUT2D eigenvalue weighted by atomic mass is 35.5. The van der Waals surface area contributed by atoms with Gasteiger partial charge in [-0.05, 0) is 30.2 Å². The zero-order valence-electron chi connectivity index (χ0n) is 7.17. The van der Waals surface area contributed by atoms with Gasteiger partial charge in [0.15, 0.2) is 0 Å². The van der Waals surface area contributed by atoms with Crippen LogP contribution in [0.1, 0.15) is 21.5 Å². The Morgan fingerprint density at radius 2 is 2.23 bits per heavy atom. The molecule has 1 rings (SSSR count). The number of aryl methyl sites for hydroxylation is 1. The van der Waals surface area contributed by atoms with Crippen LogP contribution < -0.4 is 0 Å². The molecule has 3 heteroatoms. The van der Waals surface area contributed by atoms with Crippen LogP contribution in [0, 0.1) is 6.92 Å². The predicted octanol–water partition coefficient (Wildman–Crippen LogP) is 2.99. The largest absolute Gasteiger partial charge is 0.478 e. The Kier molecular flexibility index (Phi) is 2.73. The van der Waals surface area contributed by atoms with Crippen LogP contribution >= 0.6 is 11.6 Å². The first-order chi connectivity index (χ1) is 6.06. The van der Waals surface area contributed by atoms with E-state index in [1.165, 1.54) is 12.1 Å². The summed E-state index contributed by atoms with van der Waals surface area (Å²) >= 11 is 5.79. The maximum absolute atomic E-state index is 10.7. The van der Waals surface area contributed by atoms with Gasteiger partial charge in [-0.2, -0.15) is 0 Å². The Balaban J connectivity index is 3.41. The van der Waals surface area contributed by atoms with Crippen molar-refractivity contribution in [1.82, 2.24) is 0 Å². The van der Waals surface area contributed by atoms with E-state index in [1.54, 1.807) is 6.07 Å². The SMILES string of the molecule is C=Cc1cc(C)c(Cl)cc1C(=O)O. The number of hydrogen-bond acceptors (Lipinski definition) is 1. The summed E-state index contributed by atoms with van der Waals surface area (Å²) in [4.78, 5) is 10.7. The van der Waals surface area contributed by atoms with E-state index in [4.69, 9.17) is 16.7 Å². The van der Waals surface area contributed by atoms with Gasteiger partial charge in [0, 0.05) is 5.02 Å². The minimum Gasteiger partial charge on any atom is -0.478 e. The molecule has 1 aromatic rings. The van der Waals surface area contributed by atoms with E-state index in [-0.39, 0.29) is 5.56 Å². The molecule has 0 radical (unpaired) electrons. The van der Waals surface area contributed by atoms with E-state index >= 15 is 0 Å². The molecule has 0 aliphatic heterocycles. The van der Waals surface area contributed by atoms with Gasteiger partial charge < -0.3 is 5.11 Å². The molecule has 0 aliphatic carbocycles. The molecule has 0 unspecified atom stereocenters. The van der Waals surface area contributed by atoms with Crippen LogP contribution in [0.5, 0.6) is 0 Å². The van der Waals surface area contributed by atoms with Crippen LogP contribution in [0.2, 0.25) is 5.02 Å². The molecule has 0 heterocycles. The smallest absolute Gasteiger partial charge is 0.336 e. The lowest BCUT2D eigenvalue weighted by molar-refractivity contribution is 0.0696. The third-order valence-corrected chi connectivity index (χ3v) is 2.19. The van der Waals surface area contributed by atoms with Crippen molar-refractivity contribution in [1.29, 1.82) is 0 Å². The minimum atomic E-state index is -0.989. The maximum atomic E-state index is 10.7. The zero-order chi connectivity index (χ0) is 10.0. The number of carboxylic acid groups (broad SMARTS) is 1. The summed E-state index contributed by atoms with van der Waals surface area (Å²) in [5, 5.41) is 9.27. The predicted molar refractivity (Wildman–Crippen MR) is 53.2 cm³/mol. The standard InChI is InChI=1S/C10H9ClO2/c1-3-7-4-6(2)9(11)5-8(7)10(12)13/h3-5H,1H2,2H3,(H,12,13). The van der Waals surface area contributed by atoms with Gasteiger partial charge in [-0.3, -0.25) is 0 Å². The molecule has 0 spiro atoms. The van der Waals surface area contributed by atoms with Gasteiger partial charge in [-0.25, -0.2) is 4.79 Å². The molecule has 0 bridgehead atoms. The summed E-state index contributed by atoms with van der Waals surface area (Å²) in [5.74, 6) is -0.989. The molecule has 0 amide bonds. The molecule has 0 atom stereocenters. The Morgan fingerprint density at radius 1 is 1.62 bits per heavy atom. The second-order valence-electron chi connectivity index (χ2n) is 2.70. The number of carbonyl (C=O) groups is 1. The Bertz CT molecular complexity index is 369. The third-order valence-electron chi connectivity index (χ3n) is 1.78. The lowest BCUT2D eigenvalue weighted by Gasteiger charge is -2.04. The van der Waals surface area contributed by atoms with Crippen molar-refractivity contribution in [3.05, 3.63) is 40.4 Å². The van der Waals surface area contributed by atoms with E-state index in [1.807, 2.05) is 6.92 Å². The Morgan fingerprint density at radius 3 is 2.69 bits per heavy atom. The highest BCUT2D eigenvalue weighted by Gasteiger charge is 2.09. The minimum absolute atomic E-state index is 0.186. The fraction of sp³-hybridized carbons (Fsp3) is 0.100. The lowest BCUT2D eigenvalue weighted by Crippen LogP contribution is -2.00. The molecule has 68 valence electrons. The van der Waals surface area contributed by atoms with Crippen LogP contribution in [-0.4, -0.2) is 11.1 Å². The Labute approximate surface area is 81.5 Å². The van der Waals surface area contributed by atoms with Gasteiger partial charge in [0.25, 0.3) is 0 Å². The van der Waals surface area contributed by atoms with E-state index in [2.05, 4.69) is 6.58 Å². The van der Waals surface area contributed by atoms with Gasteiger partial charge in [0.2, 0.25) is 0 Å². The van der Waals surface area contributed by atoms with Crippen LogP contribution in [-0.2, 0) is 0 Å². The summed E-state index contributed by atoms with van der Waals surface area (Å²) in [6.45, 7) is 5.36. The number of aromatic carboxylic acids is 1. The number of hydrogen-bond donors (Lipinski definition) is 1. The van der Waals surface area contributed by atoms with E-state index in [9.17, 15) is 4.79 Å². The summed E-state index contributed by atoms with van der Waals surface area (Å²) in [6.07, 6.45) is 1.51. The van der Waals surface area contributed by atoms with Gasteiger partial charge in [-0.15, -0.1) is 0 Å². The van der Waals surface area contributed by atoms with Gasteiger partial charge in [0.05, 0.1) is 5.56 Å². The highest BCUT2D eigenvalue weighted by molar-refractivity contribution is 6.31. The van der Waals surface area contributed by atoms with Crippen molar-refractivity contribution in [2.75, 3.05) is 0 Å². The molecule has 0 fully saturated rings.